The Kier molecular flexibility index (Phi) is 3.62. The number of aromatic amines is 1. The molecule has 0 atom stereocenters. The lowest BCUT2D eigenvalue weighted by Crippen LogP contribution is -2.34. The third-order valence-electron chi connectivity index (χ3n) is 4.20. The van der Waals surface area contributed by atoms with E-state index in [1.54, 1.807) is 24.3 Å². The molecule has 0 radical (unpaired) electrons. The second-order valence-electron chi connectivity index (χ2n) is 5.80. The van der Waals surface area contributed by atoms with Crippen molar-refractivity contribution in [2.75, 3.05) is 0 Å². The summed E-state index contributed by atoms with van der Waals surface area (Å²) in [5.74, 6) is -1.73. The Balaban J connectivity index is 2.15. The van der Waals surface area contributed by atoms with E-state index in [0.717, 1.165) is 6.07 Å². The van der Waals surface area contributed by atoms with Gasteiger partial charge in [0.2, 0.25) is 0 Å². The lowest BCUT2D eigenvalue weighted by molar-refractivity contribution is -0.139. The average Bonchev–Trinajstić information content (AvgIpc) is 2.60. The summed E-state index contributed by atoms with van der Waals surface area (Å²) >= 11 is 0. The fourth-order valence-electron chi connectivity index (χ4n) is 2.98. The van der Waals surface area contributed by atoms with Gasteiger partial charge in [-0.2, -0.15) is 13.2 Å². The van der Waals surface area contributed by atoms with Crippen LogP contribution < -0.4 is 11.2 Å². The van der Waals surface area contributed by atoms with Gasteiger partial charge in [0.25, 0.3) is 5.56 Å². The van der Waals surface area contributed by atoms with E-state index in [4.69, 9.17) is 0 Å². The van der Waals surface area contributed by atoms with Gasteiger partial charge in [-0.25, -0.2) is 13.8 Å². The summed E-state index contributed by atoms with van der Waals surface area (Å²) in [5.41, 5.74) is -3.97. The maximum atomic E-state index is 14.5. The SMILES string of the molecule is O=c1[nH]c2ccc(C(F)(F)F)c(F)c2c(=O)n1-c1cncc2ccccc12. The number of halogens is 4. The maximum absolute atomic E-state index is 14.5. The number of alkyl halides is 3. The van der Waals surface area contributed by atoms with Crippen LogP contribution in [0.5, 0.6) is 0 Å². The zero-order chi connectivity index (χ0) is 19.3. The van der Waals surface area contributed by atoms with Crippen LogP contribution >= 0.6 is 0 Å². The Hall–Kier alpha value is -3.49. The highest BCUT2D eigenvalue weighted by atomic mass is 19.4. The molecule has 27 heavy (non-hydrogen) atoms. The summed E-state index contributed by atoms with van der Waals surface area (Å²) in [6, 6.07) is 8.02. The van der Waals surface area contributed by atoms with Crippen molar-refractivity contribution < 1.29 is 17.6 Å². The van der Waals surface area contributed by atoms with Gasteiger partial charge in [0.15, 0.2) is 0 Å². The van der Waals surface area contributed by atoms with Gasteiger partial charge in [-0.15, -0.1) is 0 Å². The number of nitrogens with zero attached hydrogens (tertiary/aromatic N) is 2. The minimum atomic E-state index is -4.98. The van der Waals surface area contributed by atoms with Crippen LogP contribution in [0.4, 0.5) is 17.6 Å². The van der Waals surface area contributed by atoms with Crippen molar-refractivity contribution in [1.82, 2.24) is 14.5 Å². The molecule has 0 spiro atoms. The molecule has 2 aromatic heterocycles. The van der Waals surface area contributed by atoms with E-state index in [2.05, 4.69) is 9.97 Å². The molecule has 0 bridgehead atoms. The quantitative estimate of drug-likeness (QED) is 0.519. The Bertz CT molecular complexity index is 1320. The third kappa shape index (κ3) is 2.59. The van der Waals surface area contributed by atoms with Gasteiger partial charge >= 0.3 is 11.9 Å². The number of pyridine rings is 1. The minimum Gasteiger partial charge on any atom is -0.306 e. The van der Waals surface area contributed by atoms with Gasteiger partial charge in [0, 0.05) is 17.0 Å². The summed E-state index contributed by atoms with van der Waals surface area (Å²) in [6.45, 7) is 0. The Labute approximate surface area is 147 Å². The second kappa shape index (κ2) is 5.76. The van der Waals surface area contributed by atoms with Crippen LogP contribution in [0.3, 0.4) is 0 Å². The minimum absolute atomic E-state index is 0.0399. The number of benzene rings is 2. The number of aromatic nitrogens is 3. The molecule has 1 N–H and O–H groups in total. The zero-order valence-corrected chi connectivity index (χ0v) is 13.3. The van der Waals surface area contributed by atoms with E-state index in [1.165, 1.54) is 12.4 Å². The molecule has 4 aromatic rings. The van der Waals surface area contributed by atoms with Crippen LogP contribution in [-0.4, -0.2) is 14.5 Å². The van der Waals surface area contributed by atoms with Crippen molar-refractivity contribution >= 4 is 21.7 Å². The number of H-pyrrole nitrogens is 1. The molecular weight excluding hydrogens is 366 g/mol. The number of fused-ring (bicyclic) bond motifs is 2. The predicted octanol–water partition coefficient (Wildman–Crippen LogP) is 3.39. The number of nitrogens with one attached hydrogen (secondary N) is 1. The van der Waals surface area contributed by atoms with Crippen molar-refractivity contribution in [3.8, 4) is 5.69 Å². The van der Waals surface area contributed by atoms with Crippen molar-refractivity contribution in [1.29, 1.82) is 0 Å². The van der Waals surface area contributed by atoms with Crippen LogP contribution in [0.1, 0.15) is 5.56 Å². The summed E-state index contributed by atoms with van der Waals surface area (Å²) in [5, 5.41) is 0.218. The first kappa shape index (κ1) is 17.0. The highest BCUT2D eigenvalue weighted by Crippen LogP contribution is 2.33. The van der Waals surface area contributed by atoms with E-state index >= 15 is 0 Å². The second-order valence-corrected chi connectivity index (χ2v) is 5.80. The highest BCUT2D eigenvalue weighted by molar-refractivity contribution is 5.89. The van der Waals surface area contributed by atoms with Crippen LogP contribution in [0, 0.1) is 5.82 Å². The number of hydrogen-bond donors (Lipinski definition) is 1. The van der Waals surface area contributed by atoms with Gasteiger partial charge in [0.05, 0.1) is 23.0 Å². The molecule has 0 unspecified atom stereocenters. The highest BCUT2D eigenvalue weighted by Gasteiger charge is 2.35. The Morgan fingerprint density at radius 1 is 1.00 bits per heavy atom. The summed E-state index contributed by atoms with van der Waals surface area (Å²) in [7, 11) is 0. The number of hydrogen-bond acceptors (Lipinski definition) is 3. The average molecular weight is 375 g/mol. The molecule has 2 aromatic carbocycles. The normalized spacial score (nSPS) is 12.0. The molecule has 136 valence electrons. The van der Waals surface area contributed by atoms with Gasteiger partial charge in [-0.1, -0.05) is 24.3 Å². The van der Waals surface area contributed by atoms with Crippen LogP contribution in [0.15, 0.2) is 58.4 Å². The smallest absolute Gasteiger partial charge is 0.306 e. The van der Waals surface area contributed by atoms with E-state index in [0.29, 0.717) is 21.4 Å². The molecule has 5 nitrogen and oxygen atoms in total. The van der Waals surface area contributed by atoms with Gasteiger partial charge in [-0.3, -0.25) is 9.78 Å². The third-order valence-corrected chi connectivity index (χ3v) is 4.20. The summed E-state index contributed by atoms with van der Waals surface area (Å²) in [6.07, 6.45) is -2.26. The zero-order valence-electron chi connectivity index (χ0n) is 13.3. The molecule has 0 aliphatic rings. The molecular formula is C18H9F4N3O2. The topological polar surface area (TPSA) is 67.8 Å². The molecule has 0 aliphatic heterocycles. The van der Waals surface area contributed by atoms with Crippen LogP contribution in [0.25, 0.3) is 27.4 Å². The lowest BCUT2D eigenvalue weighted by Gasteiger charge is -2.12. The van der Waals surface area contributed by atoms with Crippen molar-refractivity contribution in [2.45, 2.75) is 6.18 Å². The first-order valence-electron chi connectivity index (χ1n) is 7.67. The van der Waals surface area contributed by atoms with Gasteiger partial charge in [0.1, 0.15) is 11.2 Å². The van der Waals surface area contributed by atoms with Crippen molar-refractivity contribution in [3.05, 3.63) is 81.0 Å². The van der Waals surface area contributed by atoms with E-state index < -0.39 is 34.2 Å². The summed E-state index contributed by atoms with van der Waals surface area (Å²) in [4.78, 5) is 31.4. The first-order valence-corrected chi connectivity index (χ1v) is 7.67. The monoisotopic (exact) mass is 375 g/mol. The molecule has 4 rings (SSSR count). The predicted molar refractivity (Wildman–Crippen MR) is 90.4 cm³/mol. The molecule has 9 heteroatoms. The number of rotatable bonds is 1. The maximum Gasteiger partial charge on any atom is 0.419 e. The van der Waals surface area contributed by atoms with Crippen LogP contribution in [0.2, 0.25) is 0 Å². The molecule has 0 fully saturated rings. The lowest BCUT2D eigenvalue weighted by atomic mass is 10.1. The fourth-order valence-corrected chi connectivity index (χ4v) is 2.98. The molecule has 0 saturated carbocycles. The van der Waals surface area contributed by atoms with Gasteiger partial charge < -0.3 is 4.98 Å². The Morgan fingerprint density at radius 2 is 1.74 bits per heavy atom. The standard InChI is InChI=1S/C18H9F4N3O2/c19-15-11(18(20,21)22)5-6-12-14(15)16(26)25(17(27)24-12)13-8-23-7-9-3-1-2-4-10(9)13/h1-8H,(H,24,27). The van der Waals surface area contributed by atoms with E-state index in [1.807, 2.05) is 0 Å². The van der Waals surface area contributed by atoms with E-state index in [-0.39, 0.29) is 11.2 Å². The Morgan fingerprint density at radius 3 is 2.48 bits per heavy atom. The van der Waals surface area contributed by atoms with Gasteiger partial charge in [-0.05, 0) is 12.1 Å². The largest absolute Gasteiger partial charge is 0.419 e. The molecule has 2 heterocycles. The van der Waals surface area contributed by atoms with Crippen molar-refractivity contribution in [2.24, 2.45) is 0 Å². The summed E-state index contributed by atoms with van der Waals surface area (Å²) < 4.78 is 54.0. The molecule has 0 amide bonds. The fraction of sp³-hybridized carbons (Fsp3) is 0.0556. The van der Waals surface area contributed by atoms with Crippen molar-refractivity contribution in [3.63, 3.8) is 0 Å². The van der Waals surface area contributed by atoms with E-state index in [9.17, 15) is 27.2 Å². The van der Waals surface area contributed by atoms with Crippen LogP contribution in [-0.2, 0) is 6.18 Å². The molecule has 0 saturated heterocycles. The first-order chi connectivity index (χ1) is 12.8. The molecule has 0 aliphatic carbocycles.